The van der Waals surface area contributed by atoms with Crippen LogP contribution in [0.2, 0.25) is 0 Å². The maximum atomic E-state index is 10.6. The number of nitro groups is 1. The van der Waals surface area contributed by atoms with Gasteiger partial charge in [-0.05, 0) is 17.5 Å². The highest BCUT2D eigenvalue weighted by Crippen LogP contribution is 2.22. The standard InChI is InChI=1S/C13H15BrN4O2/c1-13(2,7-14)8-17-9-15-12(16-17)10-3-5-11(6-4-10)18(19)20/h3-6,9H,7-8H2,1-2H3. The molecule has 1 heterocycles. The van der Waals surface area contributed by atoms with Gasteiger partial charge in [0, 0.05) is 29.6 Å². The molecule has 0 saturated heterocycles. The average Bonchev–Trinajstić information content (AvgIpc) is 2.86. The van der Waals surface area contributed by atoms with Gasteiger partial charge in [0.15, 0.2) is 5.82 Å². The van der Waals surface area contributed by atoms with Gasteiger partial charge < -0.3 is 0 Å². The fraction of sp³-hybridized carbons (Fsp3) is 0.385. The largest absolute Gasteiger partial charge is 0.269 e. The lowest BCUT2D eigenvalue weighted by Crippen LogP contribution is -2.21. The molecule has 7 heteroatoms. The van der Waals surface area contributed by atoms with Crippen molar-refractivity contribution in [2.75, 3.05) is 5.33 Å². The summed E-state index contributed by atoms with van der Waals surface area (Å²) in [5, 5.41) is 15.9. The lowest BCUT2D eigenvalue weighted by molar-refractivity contribution is -0.384. The van der Waals surface area contributed by atoms with E-state index in [-0.39, 0.29) is 11.1 Å². The number of aromatic nitrogens is 3. The highest BCUT2D eigenvalue weighted by atomic mass is 79.9. The molecule has 20 heavy (non-hydrogen) atoms. The van der Waals surface area contributed by atoms with E-state index in [4.69, 9.17) is 0 Å². The van der Waals surface area contributed by atoms with Crippen LogP contribution in [0.25, 0.3) is 11.4 Å². The molecule has 0 bridgehead atoms. The molecule has 106 valence electrons. The number of hydrogen-bond donors (Lipinski definition) is 0. The van der Waals surface area contributed by atoms with Crippen LogP contribution in [0.15, 0.2) is 30.6 Å². The molecule has 0 aliphatic carbocycles. The minimum absolute atomic E-state index is 0.0635. The zero-order valence-electron chi connectivity index (χ0n) is 11.3. The molecule has 0 saturated carbocycles. The number of rotatable bonds is 5. The summed E-state index contributed by atoms with van der Waals surface area (Å²) in [4.78, 5) is 14.4. The summed E-state index contributed by atoms with van der Waals surface area (Å²) < 4.78 is 1.79. The smallest absolute Gasteiger partial charge is 0.258 e. The minimum Gasteiger partial charge on any atom is -0.258 e. The molecule has 0 spiro atoms. The van der Waals surface area contributed by atoms with Crippen LogP contribution in [-0.4, -0.2) is 25.0 Å². The fourth-order valence-corrected chi connectivity index (χ4v) is 1.89. The fourth-order valence-electron chi connectivity index (χ4n) is 1.72. The van der Waals surface area contributed by atoms with Gasteiger partial charge in [-0.2, -0.15) is 5.10 Å². The first kappa shape index (κ1) is 14.6. The lowest BCUT2D eigenvalue weighted by Gasteiger charge is -2.20. The van der Waals surface area contributed by atoms with Gasteiger partial charge in [0.25, 0.3) is 5.69 Å². The Morgan fingerprint density at radius 3 is 2.55 bits per heavy atom. The monoisotopic (exact) mass is 338 g/mol. The van der Waals surface area contributed by atoms with E-state index in [0.717, 1.165) is 17.4 Å². The quantitative estimate of drug-likeness (QED) is 0.476. The molecule has 1 aromatic carbocycles. The Labute approximate surface area is 125 Å². The Morgan fingerprint density at radius 1 is 1.35 bits per heavy atom. The van der Waals surface area contributed by atoms with Crippen LogP contribution < -0.4 is 0 Å². The van der Waals surface area contributed by atoms with Gasteiger partial charge in [0.05, 0.1) is 4.92 Å². The molecule has 6 nitrogen and oxygen atoms in total. The van der Waals surface area contributed by atoms with Gasteiger partial charge in [0.2, 0.25) is 0 Å². The van der Waals surface area contributed by atoms with Crippen LogP contribution in [0.5, 0.6) is 0 Å². The predicted octanol–water partition coefficient (Wildman–Crippen LogP) is 3.27. The molecule has 0 radical (unpaired) electrons. The highest BCUT2D eigenvalue weighted by molar-refractivity contribution is 9.09. The number of non-ortho nitro benzene ring substituents is 1. The topological polar surface area (TPSA) is 73.8 Å². The number of hydrogen-bond acceptors (Lipinski definition) is 4. The van der Waals surface area contributed by atoms with Crippen molar-refractivity contribution in [1.29, 1.82) is 0 Å². The summed E-state index contributed by atoms with van der Waals surface area (Å²) in [5.74, 6) is 0.574. The van der Waals surface area contributed by atoms with Crippen LogP contribution in [0.3, 0.4) is 0 Å². The van der Waals surface area contributed by atoms with Gasteiger partial charge in [-0.15, -0.1) is 0 Å². The number of halogens is 1. The van der Waals surface area contributed by atoms with Crippen molar-refractivity contribution < 1.29 is 4.92 Å². The van der Waals surface area contributed by atoms with Crippen LogP contribution in [-0.2, 0) is 6.54 Å². The van der Waals surface area contributed by atoms with Crippen molar-refractivity contribution in [2.24, 2.45) is 5.41 Å². The molecule has 0 unspecified atom stereocenters. The van der Waals surface area contributed by atoms with Crippen LogP contribution >= 0.6 is 15.9 Å². The molecule has 0 atom stereocenters. The number of nitro benzene ring substituents is 1. The van der Waals surface area contributed by atoms with E-state index in [1.807, 2.05) is 0 Å². The molecule has 0 aliphatic rings. The Balaban J connectivity index is 2.18. The minimum atomic E-state index is -0.422. The highest BCUT2D eigenvalue weighted by Gasteiger charge is 2.18. The molecule has 1 aromatic heterocycles. The Hall–Kier alpha value is -1.76. The van der Waals surface area contributed by atoms with Gasteiger partial charge in [-0.3, -0.25) is 14.8 Å². The van der Waals surface area contributed by atoms with Crippen molar-refractivity contribution in [3.05, 3.63) is 40.7 Å². The van der Waals surface area contributed by atoms with E-state index in [9.17, 15) is 10.1 Å². The summed E-state index contributed by atoms with van der Waals surface area (Å²) in [6.07, 6.45) is 1.68. The van der Waals surface area contributed by atoms with E-state index in [2.05, 4.69) is 39.9 Å². The lowest BCUT2D eigenvalue weighted by atomic mass is 9.97. The third kappa shape index (κ3) is 3.41. The van der Waals surface area contributed by atoms with Gasteiger partial charge in [-0.1, -0.05) is 29.8 Å². The van der Waals surface area contributed by atoms with Crippen molar-refractivity contribution >= 4 is 21.6 Å². The summed E-state index contributed by atoms with van der Waals surface area (Å²) in [6, 6.07) is 6.23. The van der Waals surface area contributed by atoms with E-state index >= 15 is 0 Å². The van der Waals surface area contributed by atoms with E-state index < -0.39 is 4.92 Å². The summed E-state index contributed by atoms with van der Waals surface area (Å²) >= 11 is 3.48. The second-order valence-electron chi connectivity index (χ2n) is 5.37. The van der Waals surface area contributed by atoms with E-state index in [1.165, 1.54) is 12.1 Å². The zero-order chi connectivity index (χ0) is 14.8. The van der Waals surface area contributed by atoms with Gasteiger partial charge >= 0.3 is 0 Å². The maximum Gasteiger partial charge on any atom is 0.269 e. The molecule has 2 aromatic rings. The average molecular weight is 339 g/mol. The molecule has 0 N–H and O–H groups in total. The summed E-state index contributed by atoms with van der Waals surface area (Å²) in [5.41, 5.74) is 0.917. The predicted molar refractivity (Wildman–Crippen MR) is 79.7 cm³/mol. The third-order valence-electron chi connectivity index (χ3n) is 2.82. The van der Waals surface area contributed by atoms with Crippen molar-refractivity contribution in [3.63, 3.8) is 0 Å². The first-order chi connectivity index (χ1) is 9.41. The van der Waals surface area contributed by atoms with Crippen molar-refractivity contribution in [1.82, 2.24) is 14.8 Å². The van der Waals surface area contributed by atoms with Crippen LogP contribution in [0.1, 0.15) is 13.8 Å². The van der Waals surface area contributed by atoms with Crippen LogP contribution in [0, 0.1) is 15.5 Å². The van der Waals surface area contributed by atoms with E-state index in [1.54, 1.807) is 23.1 Å². The maximum absolute atomic E-state index is 10.6. The molecule has 0 fully saturated rings. The number of alkyl halides is 1. The Morgan fingerprint density at radius 2 is 2.00 bits per heavy atom. The van der Waals surface area contributed by atoms with Gasteiger partial charge in [-0.25, -0.2) is 4.98 Å². The first-order valence-electron chi connectivity index (χ1n) is 6.11. The van der Waals surface area contributed by atoms with Gasteiger partial charge in [0.1, 0.15) is 6.33 Å². The summed E-state index contributed by atoms with van der Waals surface area (Å²) in [7, 11) is 0. The number of benzene rings is 1. The zero-order valence-corrected chi connectivity index (χ0v) is 12.9. The second-order valence-corrected chi connectivity index (χ2v) is 5.93. The second kappa shape index (κ2) is 5.70. The normalized spacial score (nSPS) is 11.6. The van der Waals surface area contributed by atoms with Crippen molar-refractivity contribution in [3.8, 4) is 11.4 Å². The number of nitrogens with zero attached hydrogens (tertiary/aromatic N) is 4. The SMILES string of the molecule is CC(C)(CBr)Cn1cnc(-c2ccc([N+](=O)[O-])cc2)n1. The summed E-state index contributed by atoms with van der Waals surface area (Å²) in [6.45, 7) is 5.02. The molecular formula is C13H15BrN4O2. The first-order valence-corrected chi connectivity index (χ1v) is 7.24. The third-order valence-corrected chi connectivity index (χ3v) is 4.34. The van der Waals surface area contributed by atoms with Crippen LogP contribution in [0.4, 0.5) is 5.69 Å². The molecule has 2 rings (SSSR count). The molecule has 0 aliphatic heterocycles. The Kier molecular flexibility index (Phi) is 4.17. The Bertz CT molecular complexity index is 607. The molecular weight excluding hydrogens is 324 g/mol. The van der Waals surface area contributed by atoms with E-state index in [0.29, 0.717) is 5.82 Å². The molecule has 0 amide bonds. The van der Waals surface area contributed by atoms with Crippen molar-refractivity contribution in [2.45, 2.75) is 20.4 Å².